The molecule has 0 unspecified atom stereocenters. The minimum atomic E-state index is -0.0438. The molecule has 1 saturated heterocycles. The molecule has 3 rings (SSSR count). The molecule has 2 heterocycles. The fourth-order valence-electron chi connectivity index (χ4n) is 2.38. The number of benzene rings is 1. The number of ether oxygens (including phenoxy) is 1. The molecule has 106 valence electrons. The smallest absolute Gasteiger partial charge is 0.167 e. The molecule has 0 saturated carbocycles. The molecule has 0 bridgehead atoms. The predicted octanol–water partition coefficient (Wildman–Crippen LogP) is 2.91. The molecule has 1 N–H and O–H groups in total. The minimum Gasteiger partial charge on any atom is -0.367 e. The Kier molecular flexibility index (Phi) is 4.05. The summed E-state index contributed by atoms with van der Waals surface area (Å²) in [6.45, 7) is 3.31. The zero-order chi connectivity index (χ0) is 13.9. The van der Waals surface area contributed by atoms with Crippen LogP contribution in [0.2, 0.25) is 5.02 Å². The van der Waals surface area contributed by atoms with E-state index in [-0.39, 0.29) is 6.10 Å². The molecule has 20 heavy (non-hydrogen) atoms. The van der Waals surface area contributed by atoms with E-state index in [4.69, 9.17) is 20.9 Å². The van der Waals surface area contributed by atoms with Gasteiger partial charge >= 0.3 is 0 Å². The van der Waals surface area contributed by atoms with Crippen LogP contribution in [0.1, 0.15) is 23.1 Å². The van der Waals surface area contributed by atoms with Gasteiger partial charge in [0, 0.05) is 23.7 Å². The van der Waals surface area contributed by atoms with E-state index in [2.05, 4.69) is 22.6 Å². The van der Waals surface area contributed by atoms with Gasteiger partial charge < -0.3 is 14.6 Å². The minimum absolute atomic E-state index is 0.0438. The molecular weight excluding hydrogens is 276 g/mol. The number of morpholine rings is 1. The summed E-state index contributed by atoms with van der Waals surface area (Å²) in [7, 11) is 0. The quantitative estimate of drug-likeness (QED) is 0.945. The van der Waals surface area contributed by atoms with Crippen LogP contribution in [0.25, 0.3) is 0 Å². The second-order valence-electron chi connectivity index (χ2n) is 5.13. The molecule has 4 nitrogen and oxygen atoms in total. The number of hydrogen-bond acceptors (Lipinski definition) is 4. The highest BCUT2D eigenvalue weighted by atomic mass is 35.5. The topological polar surface area (TPSA) is 47.3 Å². The third-order valence-electron chi connectivity index (χ3n) is 3.45. The monoisotopic (exact) mass is 292 g/mol. The van der Waals surface area contributed by atoms with Gasteiger partial charge in [-0.15, -0.1) is 0 Å². The summed E-state index contributed by atoms with van der Waals surface area (Å²) in [5.74, 6) is 0.792. The van der Waals surface area contributed by atoms with E-state index >= 15 is 0 Å². The van der Waals surface area contributed by atoms with Crippen LogP contribution in [0.3, 0.4) is 0 Å². The summed E-state index contributed by atoms with van der Waals surface area (Å²) >= 11 is 5.89. The van der Waals surface area contributed by atoms with Crippen molar-refractivity contribution in [1.29, 1.82) is 0 Å². The van der Waals surface area contributed by atoms with E-state index in [9.17, 15) is 0 Å². The number of aromatic nitrogens is 1. The Bertz CT molecular complexity index is 560. The van der Waals surface area contributed by atoms with Crippen molar-refractivity contribution >= 4 is 11.6 Å². The molecule has 5 heteroatoms. The van der Waals surface area contributed by atoms with Crippen LogP contribution in [-0.2, 0) is 11.2 Å². The standard InChI is InChI=1S/C15H17ClN2O2/c1-10-6-14(20-18-10)15-8-17-13(9-19-15)7-11-2-4-12(16)5-3-11/h2-6,13,15,17H,7-9H2,1H3/t13-,15+/m0/s1. The first-order valence-electron chi connectivity index (χ1n) is 6.73. The number of aryl methyl sites for hydroxylation is 1. The van der Waals surface area contributed by atoms with Crippen LogP contribution >= 0.6 is 11.6 Å². The lowest BCUT2D eigenvalue weighted by Crippen LogP contribution is -2.44. The number of hydrogen-bond donors (Lipinski definition) is 1. The van der Waals surface area contributed by atoms with Crippen molar-refractivity contribution in [3.8, 4) is 0 Å². The Labute approximate surface area is 123 Å². The molecule has 1 aromatic heterocycles. The van der Waals surface area contributed by atoms with Crippen LogP contribution in [0, 0.1) is 6.92 Å². The summed E-state index contributed by atoms with van der Waals surface area (Å²) in [5.41, 5.74) is 2.14. The molecule has 2 atom stereocenters. The van der Waals surface area contributed by atoms with Crippen molar-refractivity contribution in [3.05, 3.63) is 52.4 Å². The average molecular weight is 293 g/mol. The fourth-order valence-corrected chi connectivity index (χ4v) is 2.50. The van der Waals surface area contributed by atoms with Crippen molar-refractivity contribution in [1.82, 2.24) is 10.5 Å². The Hall–Kier alpha value is -1.36. The lowest BCUT2D eigenvalue weighted by molar-refractivity contribution is -0.0114. The van der Waals surface area contributed by atoms with E-state index in [0.717, 1.165) is 29.4 Å². The summed E-state index contributed by atoms with van der Waals surface area (Å²) in [6.07, 6.45) is 0.886. The second kappa shape index (κ2) is 5.95. The van der Waals surface area contributed by atoms with Gasteiger partial charge in [-0.05, 0) is 31.0 Å². The zero-order valence-corrected chi connectivity index (χ0v) is 12.1. The summed E-state index contributed by atoms with van der Waals surface area (Å²) < 4.78 is 11.1. The Morgan fingerprint density at radius 3 is 2.75 bits per heavy atom. The number of nitrogens with one attached hydrogen (secondary N) is 1. The van der Waals surface area contributed by atoms with Crippen LogP contribution in [-0.4, -0.2) is 24.4 Å². The number of rotatable bonds is 3. The highest BCUT2D eigenvalue weighted by molar-refractivity contribution is 6.30. The van der Waals surface area contributed by atoms with Gasteiger partial charge in [-0.1, -0.05) is 28.9 Å². The lowest BCUT2D eigenvalue weighted by atomic mass is 10.0. The van der Waals surface area contributed by atoms with Gasteiger partial charge in [0.15, 0.2) is 5.76 Å². The maximum atomic E-state index is 5.89. The largest absolute Gasteiger partial charge is 0.367 e. The molecule has 0 spiro atoms. The predicted molar refractivity (Wildman–Crippen MR) is 76.9 cm³/mol. The van der Waals surface area contributed by atoms with E-state index in [0.29, 0.717) is 12.6 Å². The Balaban J connectivity index is 1.54. The van der Waals surface area contributed by atoms with Crippen molar-refractivity contribution in [2.24, 2.45) is 0 Å². The van der Waals surface area contributed by atoms with E-state index in [1.165, 1.54) is 5.56 Å². The van der Waals surface area contributed by atoms with Gasteiger partial charge in [-0.25, -0.2) is 0 Å². The van der Waals surface area contributed by atoms with Crippen molar-refractivity contribution in [3.63, 3.8) is 0 Å². The molecule has 1 aliphatic heterocycles. The molecular formula is C15H17ClN2O2. The first kappa shape index (κ1) is 13.6. The van der Waals surface area contributed by atoms with Gasteiger partial charge in [0.2, 0.25) is 0 Å². The van der Waals surface area contributed by atoms with E-state index in [1.807, 2.05) is 25.1 Å². The summed E-state index contributed by atoms with van der Waals surface area (Å²) in [5, 5.41) is 8.15. The highest BCUT2D eigenvalue weighted by Gasteiger charge is 2.25. The molecule has 0 amide bonds. The van der Waals surface area contributed by atoms with Crippen molar-refractivity contribution in [2.75, 3.05) is 13.2 Å². The molecule has 0 radical (unpaired) electrons. The van der Waals surface area contributed by atoms with Gasteiger partial charge in [0.1, 0.15) is 6.10 Å². The number of halogens is 1. The van der Waals surface area contributed by atoms with Gasteiger partial charge in [-0.3, -0.25) is 0 Å². The number of nitrogens with zero attached hydrogens (tertiary/aromatic N) is 1. The first-order chi connectivity index (χ1) is 9.70. The molecule has 1 fully saturated rings. The van der Waals surface area contributed by atoms with Crippen molar-refractivity contribution in [2.45, 2.75) is 25.5 Å². The summed E-state index contributed by atoms with van der Waals surface area (Å²) in [4.78, 5) is 0. The molecule has 1 aromatic carbocycles. The highest BCUT2D eigenvalue weighted by Crippen LogP contribution is 2.22. The van der Waals surface area contributed by atoms with E-state index in [1.54, 1.807) is 0 Å². The average Bonchev–Trinajstić information content (AvgIpc) is 2.89. The van der Waals surface area contributed by atoms with Crippen LogP contribution in [0.15, 0.2) is 34.9 Å². The Morgan fingerprint density at radius 1 is 1.35 bits per heavy atom. The van der Waals surface area contributed by atoms with Crippen LogP contribution in [0.4, 0.5) is 0 Å². The van der Waals surface area contributed by atoms with Gasteiger partial charge in [0.05, 0.1) is 12.3 Å². The fraction of sp³-hybridized carbons (Fsp3) is 0.400. The third-order valence-corrected chi connectivity index (χ3v) is 3.70. The maximum absolute atomic E-state index is 5.89. The van der Waals surface area contributed by atoms with Crippen LogP contribution < -0.4 is 5.32 Å². The molecule has 2 aromatic rings. The maximum Gasteiger partial charge on any atom is 0.167 e. The van der Waals surface area contributed by atoms with E-state index < -0.39 is 0 Å². The SMILES string of the molecule is Cc1cc([C@H]2CN[C@@H](Cc3ccc(Cl)cc3)CO2)on1. The Morgan fingerprint density at radius 2 is 2.15 bits per heavy atom. The van der Waals surface area contributed by atoms with Gasteiger partial charge in [-0.2, -0.15) is 0 Å². The third kappa shape index (κ3) is 3.20. The molecule has 1 aliphatic rings. The first-order valence-corrected chi connectivity index (χ1v) is 7.11. The van der Waals surface area contributed by atoms with Gasteiger partial charge in [0.25, 0.3) is 0 Å². The summed E-state index contributed by atoms with van der Waals surface area (Å²) in [6, 6.07) is 10.2. The normalized spacial score (nSPS) is 22.9. The lowest BCUT2D eigenvalue weighted by Gasteiger charge is -2.29. The molecule has 0 aliphatic carbocycles. The zero-order valence-electron chi connectivity index (χ0n) is 11.3. The second-order valence-corrected chi connectivity index (χ2v) is 5.56. The van der Waals surface area contributed by atoms with Crippen molar-refractivity contribution < 1.29 is 9.26 Å². The van der Waals surface area contributed by atoms with Crippen LogP contribution in [0.5, 0.6) is 0 Å².